The topological polar surface area (TPSA) is 69.3 Å². The lowest BCUT2D eigenvalue weighted by molar-refractivity contribution is 0.322. The minimum atomic E-state index is -0.240. The van der Waals surface area contributed by atoms with Crippen molar-refractivity contribution in [1.29, 1.82) is 5.26 Å². The highest BCUT2D eigenvalue weighted by Gasteiger charge is 2.18. The molecule has 1 N–H and O–H groups in total. The van der Waals surface area contributed by atoms with E-state index in [0.717, 1.165) is 25.8 Å². The first-order chi connectivity index (χ1) is 9.42. The molecule has 0 saturated heterocycles. The molecule has 0 amide bonds. The zero-order chi connectivity index (χ0) is 15.3. The van der Waals surface area contributed by atoms with Crippen molar-refractivity contribution in [2.75, 3.05) is 20.6 Å². The van der Waals surface area contributed by atoms with Crippen molar-refractivity contribution < 1.29 is 5.11 Å². The van der Waals surface area contributed by atoms with E-state index in [4.69, 9.17) is 5.26 Å². The predicted molar refractivity (Wildman–Crippen MR) is 78.9 cm³/mol. The van der Waals surface area contributed by atoms with Gasteiger partial charge in [0.1, 0.15) is 11.6 Å². The van der Waals surface area contributed by atoms with Crippen LogP contribution in [0, 0.1) is 18.3 Å². The molecule has 5 nitrogen and oxygen atoms in total. The normalized spacial score (nSPS) is 12.4. The van der Waals surface area contributed by atoms with Gasteiger partial charge in [0, 0.05) is 12.1 Å². The first-order valence-electron chi connectivity index (χ1n) is 6.92. The highest BCUT2D eigenvalue weighted by Crippen LogP contribution is 2.25. The summed E-state index contributed by atoms with van der Waals surface area (Å²) in [7, 11) is 4.01. The fraction of sp³-hybridized carbons (Fsp3) is 0.600. The van der Waals surface area contributed by atoms with Gasteiger partial charge < -0.3 is 10.0 Å². The van der Waals surface area contributed by atoms with Gasteiger partial charge in [0.2, 0.25) is 5.88 Å². The molecule has 20 heavy (non-hydrogen) atoms. The molecule has 1 unspecified atom stereocenters. The van der Waals surface area contributed by atoms with Crippen molar-refractivity contribution in [1.82, 2.24) is 9.47 Å². The Morgan fingerprint density at radius 3 is 2.65 bits per heavy atom. The number of nitriles is 1. The Hall–Kier alpha value is -1.80. The van der Waals surface area contributed by atoms with Crippen molar-refractivity contribution in [3.63, 3.8) is 0 Å². The minimum Gasteiger partial charge on any atom is -0.493 e. The zero-order valence-electron chi connectivity index (χ0n) is 12.7. The van der Waals surface area contributed by atoms with Gasteiger partial charge in [0.05, 0.1) is 0 Å². The Bertz CT molecular complexity index is 555. The molecule has 0 aliphatic heterocycles. The quantitative estimate of drug-likeness (QED) is 0.863. The van der Waals surface area contributed by atoms with Gasteiger partial charge in [-0.3, -0.25) is 9.36 Å². The number of aryl methyl sites for hydroxylation is 1. The van der Waals surface area contributed by atoms with Crippen LogP contribution in [-0.2, 0) is 0 Å². The third-order valence-electron chi connectivity index (χ3n) is 3.51. The van der Waals surface area contributed by atoms with E-state index in [2.05, 4.69) is 4.90 Å². The highest BCUT2D eigenvalue weighted by molar-refractivity contribution is 5.44. The number of rotatable bonds is 6. The Morgan fingerprint density at radius 2 is 2.15 bits per heavy atom. The molecule has 0 bridgehead atoms. The van der Waals surface area contributed by atoms with Crippen LogP contribution < -0.4 is 5.56 Å². The molecule has 0 radical (unpaired) electrons. The van der Waals surface area contributed by atoms with Crippen LogP contribution in [0.1, 0.15) is 43.4 Å². The third kappa shape index (κ3) is 3.61. The van der Waals surface area contributed by atoms with Gasteiger partial charge in [-0.05, 0) is 52.4 Å². The molecular weight excluding hydrogens is 254 g/mol. The second-order valence-corrected chi connectivity index (χ2v) is 5.35. The molecule has 0 fully saturated rings. The maximum absolute atomic E-state index is 12.1. The van der Waals surface area contributed by atoms with Gasteiger partial charge in [0.25, 0.3) is 5.56 Å². The van der Waals surface area contributed by atoms with E-state index in [-0.39, 0.29) is 23.0 Å². The number of pyridine rings is 1. The van der Waals surface area contributed by atoms with Crippen LogP contribution in [0.5, 0.6) is 5.88 Å². The lowest BCUT2D eigenvalue weighted by atomic mass is 10.1. The molecule has 1 atom stereocenters. The highest BCUT2D eigenvalue weighted by atomic mass is 16.3. The number of nitrogens with zero attached hydrogens (tertiary/aromatic N) is 3. The largest absolute Gasteiger partial charge is 0.493 e. The van der Waals surface area contributed by atoms with Crippen LogP contribution in [-0.4, -0.2) is 35.2 Å². The average Bonchev–Trinajstić information content (AvgIpc) is 2.36. The van der Waals surface area contributed by atoms with Gasteiger partial charge >= 0.3 is 0 Å². The summed E-state index contributed by atoms with van der Waals surface area (Å²) in [6, 6.07) is 3.32. The van der Waals surface area contributed by atoms with E-state index in [1.54, 1.807) is 6.92 Å². The summed E-state index contributed by atoms with van der Waals surface area (Å²) in [6.45, 7) is 4.58. The SMILES string of the molecule is CCC(CCCN(C)C)n1c(O)c(C#N)c(C)cc1=O. The molecule has 1 aromatic rings. The molecular formula is C15H23N3O2. The van der Waals surface area contributed by atoms with Crippen molar-refractivity contribution in [3.05, 3.63) is 27.5 Å². The van der Waals surface area contributed by atoms with Crippen molar-refractivity contribution in [2.45, 2.75) is 39.2 Å². The second kappa shape index (κ2) is 7.11. The van der Waals surface area contributed by atoms with Gasteiger partial charge in [-0.25, -0.2) is 0 Å². The van der Waals surface area contributed by atoms with E-state index in [0.29, 0.717) is 5.56 Å². The van der Waals surface area contributed by atoms with Gasteiger partial charge in [-0.15, -0.1) is 0 Å². The average molecular weight is 277 g/mol. The van der Waals surface area contributed by atoms with Gasteiger partial charge in [-0.1, -0.05) is 6.92 Å². The van der Waals surface area contributed by atoms with E-state index in [1.807, 2.05) is 27.1 Å². The Morgan fingerprint density at radius 1 is 1.50 bits per heavy atom. The first-order valence-corrected chi connectivity index (χ1v) is 6.92. The molecule has 0 saturated carbocycles. The maximum atomic E-state index is 12.1. The van der Waals surface area contributed by atoms with Crippen LogP contribution >= 0.6 is 0 Å². The summed E-state index contributed by atoms with van der Waals surface area (Å²) in [5.41, 5.74) is 0.473. The van der Waals surface area contributed by atoms with Gasteiger partial charge in [0.15, 0.2) is 0 Å². The molecule has 0 spiro atoms. The van der Waals surface area contributed by atoms with Crippen molar-refractivity contribution in [2.24, 2.45) is 0 Å². The summed E-state index contributed by atoms with van der Waals surface area (Å²) < 4.78 is 1.36. The van der Waals surface area contributed by atoms with E-state index in [9.17, 15) is 9.90 Å². The summed E-state index contributed by atoms with van der Waals surface area (Å²) in [6.07, 6.45) is 2.48. The predicted octanol–water partition coefficient (Wildman–Crippen LogP) is 2.03. The second-order valence-electron chi connectivity index (χ2n) is 5.35. The summed E-state index contributed by atoms with van der Waals surface area (Å²) in [5, 5.41) is 19.3. The van der Waals surface area contributed by atoms with E-state index in [1.165, 1.54) is 10.6 Å². The molecule has 1 heterocycles. The minimum absolute atomic E-state index is 0.0739. The third-order valence-corrected chi connectivity index (χ3v) is 3.51. The molecule has 0 aliphatic carbocycles. The number of hydrogen-bond acceptors (Lipinski definition) is 4. The first kappa shape index (κ1) is 16.3. The molecule has 1 aromatic heterocycles. The number of aromatic hydroxyl groups is 1. The molecule has 0 aromatic carbocycles. The van der Waals surface area contributed by atoms with Crippen LogP contribution in [0.4, 0.5) is 0 Å². The smallest absolute Gasteiger partial charge is 0.253 e. The number of hydrogen-bond donors (Lipinski definition) is 1. The fourth-order valence-electron chi connectivity index (χ4n) is 2.38. The Labute approximate surface area is 120 Å². The summed E-state index contributed by atoms with van der Waals surface area (Å²) in [4.78, 5) is 14.2. The number of aromatic nitrogens is 1. The van der Waals surface area contributed by atoms with Gasteiger partial charge in [-0.2, -0.15) is 5.26 Å². The fourth-order valence-corrected chi connectivity index (χ4v) is 2.38. The molecule has 0 aliphatic rings. The maximum Gasteiger partial charge on any atom is 0.253 e. The monoisotopic (exact) mass is 277 g/mol. The molecule has 5 heteroatoms. The lowest BCUT2D eigenvalue weighted by Gasteiger charge is -2.21. The van der Waals surface area contributed by atoms with Crippen molar-refractivity contribution in [3.8, 4) is 11.9 Å². The van der Waals surface area contributed by atoms with Crippen LogP contribution in [0.25, 0.3) is 0 Å². The molecule has 1 rings (SSSR count). The Balaban J connectivity index is 3.10. The Kier molecular flexibility index (Phi) is 5.78. The molecule has 110 valence electrons. The van der Waals surface area contributed by atoms with Crippen LogP contribution in [0.15, 0.2) is 10.9 Å². The lowest BCUT2D eigenvalue weighted by Crippen LogP contribution is -2.26. The van der Waals surface area contributed by atoms with Crippen LogP contribution in [0.3, 0.4) is 0 Å². The summed E-state index contributed by atoms with van der Waals surface area (Å²) in [5.74, 6) is -0.200. The standard InChI is InChI=1S/C15H23N3O2/c1-5-12(7-6-8-17(3)4)18-14(19)9-11(2)13(10-16)15(18)20/h9,12,20H,5-8H2,1-4H3. The zero-order valence-corrected chi connectivity index (χ0v) is 12.7. The summed E-state index contributed by atoms with van der Waals surface area (Å²) >= 11 is 0. The van der Waals surface area contributed by atoms with E-state index >= 15 is 0 Å². The van der Waals surface area contributed by atoms with Crippen molar-refractivity contribution >= 4 is 0 Å². The van der Waals surface area contributed by atoms with Crippen LogP contribution in [0.2, 0.25) is 0 Å². The van der Waals surface area contributed by atoms with E-state index < -0.39 is 0 Å².